The molecule has 0 radical (unpaired) electrons. The minimum Gasteiger partial charge on any atom is -0.508 e. The minimum atomic E-state index is -0.374. The van der Waals surface area contributed by atoms with Crippen molar-refractivity contribution >= 4 is 48.2 Å². The van der Waals surface area contributed by atoms with Gasteiger partial charge in [0.15, 0.2) is 0 Å². The number of phenols is 1. The van der Waals surface area contributed by atoms with E-state index in [1.165, 1.54) is 6.07 Å². The molecule has 2 aromatic rings. The quantitative estimate of drug-likeness (QED) is 0.747. The van der Waals surface area contributed by atoms with Gasteiger partial charge in [-0.05, 0) is 24.6 Å². The first kappa shape index (κ1) is 25.2. The van der Waals surface area contributed by atoms with Crippen LogP contribution in [0.5, 0.6) is 5.75 Å². The lowest BCUT2D eigenvalue weighted by Gasteiger charge is -2.34. The van der Waals surface area contributed by atoms with Crippen LogP contribution < -0.4 is 10.9 Å². The first-order chi connectivity index (χ1) is 9.63. The molecule has 1 aromatic heterocycles. The Morgan fingerprint density at radius 3 is 2.67 bits per heavy atom. The lowest BCUT2D eigenvalue weighted by atomic mass is 10.1. The summed E-state index contributed by atoms with van der Waals surface area (Å²) < 4.78 is 5.15. The molecule has 0 aliphatic carbocycles. The molecule has 1 saturated heterocycles. The van der Waals surface area contributed by atoms with Crippen molar-refractivity contribution in [3.63, 3.8) is 0 Å². The molecule has 1 aromatic carbocycles. The number of halogens is 3. The molecule has 1 atom stereocenters. The summed E-state index contributed by atoms with van der Waals surface area (Å²) in [4.78, 5) is 14.0. The van der Waals surface area contributed by atoms with Gasteiger partial charge >= 0.3 is 5.63 Å². The fraction of sp³-hybridized carbons (Fsp3) is 0.400. The van der Waals surface area contributed by atoms with Crippen LogP contribution in [-0.4, -0.2) is 41.2 Å². The highest BCUT2D eigenvalue weighted by Gasteiger charge is 2.19. The Kier molecular flexibility index (Phi) is 11.3. The van der Waals surface area contributed by atoms with Gasteiger partial charge in [0.2, 0.25) is 0 Å². The number of fused-ring (bicyclic) bond motifs is 1. The molecule has 3 rings (SSSR count). The fourth-order valence-electron chi connectivity index (χ4n) is 2.69. The van der Waals surface area contributed by atoms with Gasteiger partial charge in [0, 0.05) is 49.7 Å². The number of piperazine rings is 1. The predicted octanol–water partition coefficient (Wildman–Crippen LogP) is 1.73. The summed E-state index contributed by atoms with van der Waals surface area (Å²) in [6.45, 7) is 5.77. The van der Waals surface area contributed by atoms with Gasteiger partial charge < -0.3 is 20.3 Å². The predicted molar refractivity (Wildman–Crippen MR) is 102 cm³/mol. The molecule has 1 aliphatic rings. The van der Waals surface area contributed by atoms with E-state index in [1.54, 1.807) is 18.2 Å². The summed E-state index contributed by atoms with van der Waals surface area (Å²) in [5.41, 5.74) is 1.01. The van der Waals surface area contributed by atoms with Crippen molar-refractivity contribution in [3.05, 3.63) is 40.2 Å². The van der Waals surface area contributed by atoms with Crippen molar-refractivity contribution < 1.29 is 15.0 Å². The molecule has 0 unspecified atom stereocenters. The number of benzene rings is 1. The van der Waals surface area contributed by atoms with E-state index in [2.05, 4.69) is 17.1 Å². The number of nitrogens with one attached hydrogen (secondary N) is 1. The van der Waals surface area contributed by atoms with Gasteiger partial charge in [0.25, 0.3) is 0 Å². The molecule has 138 valence electrons. The van der Waals surface area contributed by atoms with Crippen molar-refractivity contribution in [2.75, 3.05) is 19.6 Å². The van der Waals surface area contributed by atoms with Crippen LogP contribution in [0.25, 0.3) is 11.0 Å². The van der Waals surface area contributed by atoms with Crippen LogP contribution in [0.4, 0.5) is 0 Å². The standard InChI is InChI=1S/C15H18N2O3.3ClH.H2O/c1-10-8-16-4-5-17(10)9-11-6-15(19)20-14-7-12(18)2-3-13(11)14;;;;/h2-3,6-7,10,16,18H,4-5,8-9H2,1H3;3*1H;1H2/t10-;;;;/m0..../s1. The highest BCUT2D eigenvalue weighted by molar-refractivity contribution is 5.86. The zero-order valence-corrected chi connectivity index (χ0v) is 15.6. The van der Waals surface area contributed by atoms with Crippen molar-refractivity contribution in [2.45, 2.75) is 19.5 Å². The van der Waals surface area contributed by atoms with Gasteiger partial charge in [0.05, 0.1) is 0 Å². The largest absolute Gasteiger partial charge is 0.508 e. The van der Waals surface area contributed by atoms with E-state index in [0.717, 1.165) is 37.1 Å². The normalized spacial score (nSPS) is 17.0. The summed E-state index contributed by atoms with van der Waals surface area (Å²) in [6.07, 6.45) is 0. The number of hydrogen-bond acceptors (Lipinski definition) is 5. The summed E-state index contributed by atoms with van der Waals surface area (Å²) in [5.74, 6) is 0.105. The molecular formula is C15H23Cl3N2O4. The molecular weight excluding hydrogens is 379 g/mol. The zero-order valence-electron chi connectivity index (χ0n) is 13.2. The van der Waals surface area contributed by atoms with E-state index >= 15 is 0 Å². The smallest absolute Gasteiger partial charge is 0.336 e. The molecule has 6 nitrogen and oxygen atoms in total. The van der Waals surface area contributed by atoms with Crippen LogP contribution in [-0.2, 0) is 6.54 Å². The number of phenolic OH excluding ortho intramolecular Hbond substituents is 1. The Bertz CT molecular complexity index is 696. The summed E-state index contributed by atoms with van der Waals surface area (Å²) in [5, 5.41) is 13.7. The molecule has 2 heterocycles. The van der Waals surface area contributed by atoms with Crippen LogP contribution in [0.3, 0.4) is 0 Å². The van der Waals surface area contributed by atoms with Crippen LogP contribution in [0.1, 0.15) is 12.5 Å². The molecule has 9 heteroatoms. The maximum Gasteiger partial charge on any atom is 0.336 e. The third-order valence-corrected chi connectivity index (χ3v) is 3.83. The Morgan fingerprint density at radius 1 is 1.29 bits per heavy atom. The van der Waals surface area contributed by atoms with Crippen LogP contribution >= 0.6 is 37.2 Å². The van der Waals surface area contributed by atoms with Gasteiger partial charge in [-0.3, -0.25) is 4.90 Å². The average Bonchev–Trinajstić information content (AvgIpc) is 2.40. The molecule has 0 amide bonds. The minimum absolute atomic E-state index is 0. The molecule has 0 spiro atoms. The van der Waals surface area contributed by atoms with E-state index < -0.39 is 0 Å². The van der Waals surface area contributed by atoms with Crippen LogP contribution in [0, 0.1) is 0 Å². The maximum absolute atomic E-state index is 11.7. The average molecular weight is 402 g/mol. The maximum atomic E-state index is 11.7. The second-order valence-corrected chi connectivity index (χ2v) is 5.29. The van der Waals surface area contributed by atoms with Crippen molar-refractivity contribution in [3.8, 4) is 5.75 Å². The van der Waals surface area contributed by atoms with E-state index in [1.807, 2.05) is 0 Å². The number of aromatic hydroxyl groups is 1. The van der Waals surface area contributed by atoms with Gasteiger partial charge in [-0.25, -0.2) is 4.79 Å². The van der Waals surface area contributed by atoms with E-state index in [9.17, 15) is 9.90 Å². The number of hydrogen-bond donors (Lipinski definition) is 2. The Balaban J connectivity index is 0. The van der Waals surface area contributed by atoms with E-state index in [4.69, 9.17) is 4.42 Å². The van der Waals surface area contributed by atoms with Gasteiger partial charge in [0.1, 0.15) is 11.3 Å². The number of rotatable bonds is 2. The lowest BCUT2D eigenvalue weighted by Crippen LogP contribution is -2.49. The molecule has 1 aliphatic heterocycles. The summed E-state index contributed by atoms with van der Waals surface area (Å²) in [7, 11) is 0. The van der Waals surface area contributed by atoms with Crippen molar-refractivity contribution in [1.82, 2.24) is 10.2 Å². The fourth-order valence-corrected chi connectivity index (χ4v) is 2.69. The molecule has 24 heavy (non-hydrogen) atoms. The monoisotopic (exact) mass is 400 g/mol. The second kappa shape index (κ2) is 10.8. The topological polar surface area (TPSA) is 97.2 Å². The van der Waals surface area contributed by atoms with Gasteiger partial charge in [-0.2, -0.15) is 0 Å². The third-order valence-electron chi connectivity index (χ3n) is 3.83. The van der Waals surface area contributed by atoms with Gasteiger partial charge in [-0.1, -0.05) is 0 Å². The molecule has 0 bridgehead atoms. The molecule has 1 fully saturated rings. The highest BCUT2D eigenvalue weighted by Crippen LogP contribution is 2.23. The van der Waals surface area contributed by atoms with Crippen LogP contribution in [0.2, 0.25) is 0 Å². The van der Waals surface area contributed by atoms with E-state index in [-0.39, 0.29) is 54.1 Å². The zero-order chi connectivity index (χ0) is 14.1. The highest BCUT2D eigenvalue weighted by atomic mass is 35.5. The number of nitrogens with zero attached hydrogens (tertiary/aromatic N) is 1. The Labute approximate surface area is 158 Å². The Hall–Kier alpha value is -1.02. The van der Waals surface area contributed by atoms with E-state index in [0.29, 0.717) is 11.6 Å². The molecule has 4 N–H and O–H groups in total. The first-order valence-corrected chi connectivity index (χ1v) is 6.84. The van der Waals surface area contributed by atoms with Crippen molar-refractivity contribution in [1.29, 1.82) is 0 Å². The summed E-state index contributed by atoms with van der Waals surface area (Å²) >= 11 is 0. The third kappa shape index (κ3) is 5.51. The lowest BCUT2D eigenvalue weighted by molar-refractivity contribution is 0.166. The van der Waals surface area contributed by atoms with Crippen LogP contribution in [0.15, 0.2) is 33.5 Å². The SMILES string of the molecule is C[C@H]1CNCCN1Cc1cc(=O)oc2cc(O)ccc12.Cl.Cl.Cl.O. The van der Waals surface area contributed by atoms with Gasteiger partial charge in [-0.15, -0.1) is 37.2 Å². The Morgan fingerprint density at radius 2 is 2.00 bits per heavy atom. The second-order valence-electron chi connectivity index (χ2n) is 5.29. The molecule has 0 saturated carbocycles. The first-order valence-electron chi connectivity index (χ1n) is 6.84. The summed E-state index contributed by atoms with van der Waals surface area (Å²) in [6, 6.07) is 6.89. The van der Waals surface area contributed by atoms with Crippen molar-refractivity contribution in [2.24, 2.45) is 0 Å².